The summed E-state index contributed by atoms with van der Waals surface area (Å²) in [6, 6.07) is 0. The van der Waals surface area contributed by atoms with E-state index >= 15 is 0 Å². The van der Waals surface area contributed by atoms with Crippen LogP contribution < -0.4 is 5.73 Å². The topological polar surface area (TPSA) is 46.3 Å². The molecular formula is C8H16N2O. The number of hydrogen-bond acceptors (Lipinski definition) is 2. The first-order valence-electron chi connectivity index (χ1n) is 3.67. The maximum atomic E-state index is 10.7. The number of amides is 1. The van der Waals surface area contributed by atoms with Crippen molar-refractivity contribution in [3.8, 4) is 0 Å². The minimum atomic E-state index is -0.337. The lowest BCUT2D eigenvalue weighted by Gasteiger charge is -2.17. The molecular weight excluding hydrogens is 140 g/mol. The molecule has 0 aliphatic heterocycles. The fourth-order valence-corrected chi connectivity index (χ4v) is 1.06. The highest BCUT2D eigenvalue weighted by molar-refractivity contribution is 5.91. The molecule has 0 saturated carbocycles. The van der Waals surface area contributed by atoms with E-state index in [9.17, 15) is 4.79 Å². The van der Waals surface area contributed by atoms with Crippen LogP contribution in [0.15, 0.2) is 11.3 Å². The molecule has 64 valence electrons. The third kappa shape index (κ3) is 2.62. The van der Waals surface area contributed by atoms with Crippen molar-refractivity contribution in [2.75, 3.05) is 14.1 Å². The van der Waals surface area contributed by atoms with Crippen molar-refractivity contribution in [1.82, 2.24) is 4.90 Å². The van der Waals surface area contributed by atoms with Crippen LogP contribution in [0.2, 0.25) is 0 Å². The molecule has 0 aliphatic carbocycles. The third-order valence-corrected chi connectivity index (χ3v) is 1.68. The van der Waals surface area contributed by atoms with Gasteiger partial charge in [0.05, 0.1) is 0 Å². The minimum absolute atomic E-state index is 0.337. The molecule has 0 saturated heterocycles. The van der Waals surface area contributed by atoms with Gasteiger partial charge in [0, 0.05) is 25.4 Å². The third-order valence-electron chi connectivity index (χ3n) is 1.68. The Hall–Kier alpha value is -0.990. The van der Waals surface area contributed by atoms with E-state index in [1.807, 2.05) is 25.9 Å². The van der Waals surface area contributed by atoms with Gasteiger partial charge in [-0.05, 0) is 13.3 Å². The van der Waals surface area contributed by atoms with E-state index in [0.29, 0.717) is 5.57 Å². The average molecular weight is 156 g/mol. The zero-order chi connectivity index (χ0) is 9.02. The second-order valence-electron chi connectivity index (χ2n) is 2.68. The Balaban J connectivity index is 4.68. The van der Waals surface area contributed by atoms with Gasteiger partial charge in [0.25, 0.3) is 0 Å². The largest absolute Gasteiger partial charge is 0.381 e. The van der Waals surface area contributed by atoms with E-state index < -0.39 is 0 Å². The fraction of sp³-hybridized carbons (Fsp3) is 0.625. The first kappa shape index (κ1) is 10.0. The summed E-state index contributed by atoms with van der Waals surface area (Å²) in [4.78, 5) is 12.7. The normalized spacial score (nSPS) is 12.4. The number of nitrogens with zero attached hydrogens (tertiary/aromatic N) is 1. The van der Waals surface area contributed by atoms with Crippen LogP contribution in [0.3, 0.4) is 0 Å². The van der Waals surface area contributed by atoms with Gasteiger partial charge in [0.2, 0.25) is 5.91 Å². The smallest absolute Gasteiger partial charge is 0.246 e. The summed E-state index contributed by atoms with van der Waals surface area (Å²) in [5, 5.41) is 0. The molecule has 0 bridgehead atoms. The van der Waals surface area contributed by atoms with Crippen LogP contribution >= 0.6 is 0 Å². The zero-order valence-corrected chi connectivity index (χ0v) is 7.64. The number of hydrogen-bond donors (Lipinski definition) is 1. The van der Waals surface area contributed by atoms with E-state index in [1.165, 1.54) is 0 Å². The number of carbonyl (C=O) groups excluding carboxylic acids is 1. The molecule has 0 radical (unpaired) electrons. The van der Waals surface area contributed by atoms with Gasteiger partial charge in [-0.2, -0.15) is 0 Å². The summed E-state index contributed by atoms with van der Waals surface area (Å²) < 4.78 is 0. The van der Waals surface area contributed by atoms with Crippen LogP contribution in [0.25, 0.3) is 0 Å². The van der Waals surface area contributed by atoms with E-state index in [4.69, 9.17) is 5.73 Å². The van der Waals surface area contributed by atoms with Gasteiger partial charge < -0.3 is 10.6 Å². The van der Waals surface area contributed by atoms with Crippen molar-refractivity contribution in [2.45, 2.75) is 20.3 Å². The second-order valence-corrected chi connectivity index (χ2v) is 2.68. The summed E-state index contributed by atoms with van der Waals surface area (Å²) in [5.41, 5.74) is 6.77. The molecule has 0 atom stereocenters. The minimum Gasteiger partial charge on any atom is -0.381 e. The molecule has 1 amide bonds. The van der Waals surface area contributed by atoms with Crippen LogP contribution in [0.4, 0.5) is 0 Å². The molecule has 11 heavy (non-hydrogen) atoms. The Kier molecular flexibility index (Phi) is 3.65. The molecule has 0 aromatic heterocycles. The van der Waals surface area contributed by atoms with Crippen molar-refractivity contribution < 1.29 is 4.79 Å². The van der Waals surface area contributed by atoms with Crippen LogP contribution in [0.5, 0.6) is 0 Å². The van der Waals surface area contributed by atoms with Gasteiger partial charge >= 0.3 is 0 Å². The molecule has 0 fully saturated rings. The average Bonchev–Trinajstić information content (AvgIpc) is 1.88. The Labute approximate surface area is 67.9 Å². The molecule has 2 N–H and O–H groups in total. The quantitative estimate of drug-likeness (QED) is 0.612. The predicted octanol–water partition coefficient (Wildman–Crippen LogP) is 0.717. The number of rotatable bonds is 3. The molecule has 3 heteroatoms. The summed E-state index contributed by atoms with van der Waals surface area (Å²) in [6.45, 7) is 3.75. The lowest BCUT2D eigenvalue weighted by atomic mass is 10.1. The lowest BCUT2D eigenvalue weighted by molar-refractivity contribution is -0.114. The highest BCUT2D eigenvalue weighted by Gasteiger charge is 2.06. The maximum Gasteiger partial charge on any atom is 0.246 e. The highest BCUT2D eigenvalue weighted by Crippen LogP contribution is 2.09. The van der Waals surface area contributed by atoms with Gasteiger partial charge in [-0.15, -0.1) is 0 Å². The molecule has 0 heterocycles. The fourth-order valence-electron chi connectivity index (χ4n) is 1.06. The Morgan fingerprint density at radius 2 is 1.91 bits per heavy atom. The zero-order valence-electron chi connectivity index (χ0n) is 7.64. The van der Waals surface area contributed by atoms with E-state index in [0.717, 1.165) is 12.1 Å². The number of carbonyl (C=O) groups is 1. The van der Waals surface area contributed by atoms with Gasteiger partial charge in [-0.1, -0.05) is 6.92 Å². The van der Waals surface area contributed by atoms with Crippen molar-refractivity contribution in [2.24, 2.45) is 5.73 Å². The predicted molar refractivity (Wildman–Crippen MR) is 45.9 cm³/mol. The van der Waals surface area contributed by atoms with Gasteiger partial charge in [-0.3, -0.25) is 4.79 Å². The van der Waals surface area contributed by atoms with E-state index in [1.54, 1.807) is 6.92 Å². The van der Waals surface area contributed by atoms with E-state index in [-0.39, 0.29) is 5.91 Å². The number of nitrogens with two attached hydrogens (primary N) is 1. The second kappa shape index (κ2) is 4.01. The molecule has 0 unspecified atom stereocenters. The van der Waals surface area contributed by atoms with Gasteiger partial charge in [0.15, 0.2) is 0 Å². The molecule has 0 aromatic carbocycles. The summed E-state index contributed by atoms with van der Waals surface area (Å²) in [5.74, 6) is -0.337. The monoisotopic (exact) mass is 156 g/mol. The van der Waals surface area contributed by atoms with Crippen LogP contribution in [0.1, 0.15) is 20.3 Å². The van der Waals surface area contributed by atoms with Crippen LogP contribution in [-0.4, -0.2) is 24.9 Å². The molecule has 0 rings (SSSR count). The van der Waals surface area contributed by atoms with Gasteiger partial charge in [0.1, 0.15) is 0 Å². The van der Waals surface area contributed by atoms with E-state index in [2.05, 4.69) is 0 Å². The number of primary amides is 1. The lowest BCUT2D eigenvalue weighted by Crippen LogP contribution is -2.20. The number of allylic oxidation sites excluding steroid dienone is 1. The summed E-state index contributed by atoms with van der Waals surface area (Å²) in [6.07, 6.45) is 0.835. The highest BCUT2D eigenvalue weighted by atomic mass is 16.1. The van der Waals surface area contributed by atoms with Crippen molar-refractivity contribution >= 4 is 5.91 Å². The molecule has 0 spiro atoms. The summed E-state index contributed by atoms with van der Waals surface area (Å²) >= 11 is 0. The standard InChI is InChI=1S/C8H16N2O/c1-5-7(10(3)4)6(2)8(9)11/h5H2,1-4H3,(H2,9,11). The first-order valence-corrected chi connectivity index (χ1v) is 3.67. The molecule has 0 aromatic rings. The Morgan fingerprint density at radius 1 is 1.45 bits per heavy atom. The molecule has 3 nitrogen and oxygen atoms in total. The van der Waals surface area contributed by atoms with Gasteiger partial charge in [-0.25, -0.2) is 0 Å². The van der Waals surface area contributed by atoms with Crippen LogP contribution in [-0.2, 0) is 4.79 Å². The Morgan fingerprint density at radius 3 is 2.00 bits per heavy atom. The van der Waals surface area contributed by atoms with Crippen molar-refractivity contribution in [1.29, 1.82) is 0 Å². The SMILES string of the molecule is CCC(=C(C)C(N)=O)N(C)C. The van der Waals surface area contributed by atoms with Crippen molar-refractivity contribution in [3.05, 3.63) is 11.3 Å². The molecule has 0 aliphatic rings. The van der Waals surface area contributed by atoms with Crippen molar-refractivity contribution in [3.63, 3.8) is 0 Å². The summed E-state index contributed by atoms with van der Waals surface area (Å²) in [7, 11) is 3.82. The van der Waals surface area contributed by atoms with Crippen LogP contribution in [0, 0.1) is 0 Å². The first-order chi connectivity index (χ1) is 5.00. The maximum absolute atomic E-state index is 10.7. The Bertz CT molecular complexity index is 183.